The van der Waals surface area contributed by atoms with Crippen molar-refractivity contribution in [1.29, 1.82) is 0 Å². The Balaban J connectivity index is 1.80. The summed E-state index contributed by atoms with van der Waals surface area (Å²) in [5, 5.41) is 3.26. The van der Waals surface area contributed by atoms with Crippen LogP contribution in [0.3, 0.4) is 0 Å². The smallest absolute Gasteiger partial charge is 0.137 e. The largest absolute Gasteiger partial charge is 0.336 e. The fourth-order valence-corrected chi connectivity index (χ4v) is 1.94. The highest BCUT2D eigenvalue weighted by Crippen LogP contribution is 2.19. The summed E-state index contributed by atoms with van der Waals surface area (Å²) in [5.41, 5.74) is 0.927. The van der Waals surface area contributed by atoms with E-state index in [1.54, 1.807) is 18.6 Å². The highest BCUT2D eigenvalue weighted by atomic mass is 79.9. The first-order valence-electron chi connectivity index (χ1n) is 5.36. The lowest BCUT2D eigenvalue weighted by Gasteiger charge is -2.07. The first-order chi connectivity index (χ1) is 8.27. The van der Waals surface area contributed by atoms with Gasteiger partial charge in [0.05, 0.1) is 10.8 Å². The number of hydrogen-bond donors (Lipinski definition) is 1. The van der Waals surface area contributed by atoms with Gasteiger partial charge in [-0.3, -0.25) is 0 Å². The van der Waals surface area contributed by atoms with E-state index in [1.807, 2.05) is 16.8 Å². The van der Waals surface area contributed by atoms with Crippen LogP contribution in [0.4, 0.5) is 4.39 Å². The van der Waals surface area contributed by atoms with Crippen LogP contribution in [0.15, 0.2) is 41.4 Å². The van der Waals surface area contributed by atoms with E-state index in [2.05, 4.69) is 26.2 Å². The number of rotatable bonds is 5. The zero-order valence-corrected chi connectivity index (χ0v) is 10.8. The van der Waals surface area contributed by atoms with Gasteiger partial charge in [-0.05, 0) is 27.6 Å². The number of halogens is 2. The summed E-state index contributed by atoms with van der Waals surface area (Å²) in [6.45, 7) is 2.32. The van der Waals surface area contributed by atoms with Gasteiger partial charge in [-0.2, -0.15) is 0 Å². The second-order valence-corrected chi connectivity index (χ2v) is 4.48. The first-order valence-corrected chi connectivity index (χ1v) is 6.16. The van der Waals surface area contributed by atoms with Gasteiger partial charge in [0.25, 0.3) is 0 Å². The van der Waals surface area contributed by atoms with Crippen molar-refractivity contribution in [2.24, 2.45) is 0 Å². The summed E-state index contributed by atoms with van der Waals surface area (Å²) in [4.78, 5) is 3.96. The Morgan fingerprint density at radius 2 is 2.29 bits per heavy atom. The van der Waals surface area contributed by atoms with Crippen LogP contribution in [-0.2, 0) is 13.1 Å². The minimum atomic E-state index is -0.223. The third kappa shape index (κ3) is 3.38. The Bertz CT molecular complexity index is 471. The van der Waals surface area contributed by atoms with E-state index in [0.717, 1.165) is 18.7 Å². The molecule has 0 unspecified atom stereocenters. The highest BCUT2D eigenvalue weighted by Gasteiger charge is 2.03. The maximum absolute atomic E-state index is 13.2. The fourth-order valence-electron chi connectivity index (χ4n) is 1.54. The van der Waals surface area contributed by atoms with Gasteiger partial charge in [-0.25, -0.2) is 9.37 Å². The molecule has 0 amide bonds. The van der Waals surface area contributed by atoms with E-state index in [4.69, 9.17) is 0 Å². The van der Waals surface area contributed by atoms with Crippen LogP contribution >= 0.6 is 15.9 Å². The third-order valence-electron chi connectivity index (χ3n) is 2.45. The minimum absolute atomic E-state index is 0.223. The number of nitrogens with one attached hydrogen (secondary N) is 1. The van der Waals surface area contributed by atoms with Crippen LogP contribution in [0.1, 0.15) is 5.56 Å². The van der Waals surface area contributed by atoms with Crippen LogP contribution in [0, 0.1) is 5.82 Å². The van der Waals surface area contributed by atoms with Gasteiger partial charge in [-0.15, -0.1) is 0 Å². The molecule has 0 spiro atoms. The molecule has 1 N–H and O–H groups in total. The van der Waals surface area contributed by atoms with Crippen molar-refractivity contribution in [2.75, 3.05) is 6.54 Å². The Morgan fingerprint density at radius 3 is 3.06 bits per heavy atom. The third-order valence-corrected chi connectivity index (χ3v) is 3.34. The molecule has 0 aliphatic carbocycles. The fraction of sp³-hybridized carbons (Fsp3) is 0.250. The number of aromatic nitrogens is 2. The standard InChI is InChI=1S/C12H13BrFN3/c13-12-10(2-1-3-11(12)14)8-15-4-6-17-7-5-16-9-17/h1-3,5,7,9,15H,4,6,8H2. The number of nitrogens with zero attached hydrogens (tertiary/aromatic N) is 2. The van der Waals surface area contributed by atoms with E-state index in [-0.39, 0.29) is 5.82 Å². The van der Waals surface area contributed by atoms with Gasteiger partial charge in [0, 0.05) is 32.0 Å². The van der Waals surface area contributed by atoms with E-state index in [0.29, 0.717) is 11.0 Å². The number of imidazole rings is 1. The van der Waals surface area contributed by atoms with Crippen LogP contribution < -0.4 is 5.32 Å². The molecule has 2 aromatic rings. The molecule has 90 valence electrons. The Hall–Kier alpha value is -1.20. The lowest BCUT2D eigenvalue weighted by Crippen LogP contribution is -2.19. The molecule has 3 nitrogen and oxygen atoms in total. The van der Waals surface area contributed by atoms with Crippen molar-refractivity contribution in [2.45, 2.75) is 13.1 Å². The predicted octanol–water partition coefficient (Wildman–Crippen LogP) is 2.57. The first kappa shape index (κ1) is 12.3. The Morgan fingerprint density at radius 1 is 1.41 bits per heavy atom. The molecular formula is C12H13BrFN3. The second kappa shape index (κ2) is 5.93. The maximum atomic E-state index is 13.2. The van der Waals surface area contributed by atoms with Gasteiger partial charge in [0.1, 0.15) is 5.82 Å². The summed E-state index contributed by atoms with van der Waals surface area (Å²) in [6, 6.07) is 5.06. The van der Waals surface area contributed by atoms with Crippen molar-refractivity contribution in [3.05, 3.63) is 52.8 Å². The molecule has 17 heavy (non-hydrogen) atoms. The average molecular weight is 298 g/mol. The van der Waals surface area contributed by atoms with Crippen molar-refractivity contribution in [3.63, 3.8) is 0 Å². The molecule has 0 saturated heterocycles. The zero-order chi connectivity index (χ0) is 12.1. The normalized spacial score (nSPS) is 10.7. The van der Waals surface area contributed by atoms with E-state index < -0.39 is 0 Å². The molecule has 0 bridgehead atoms. The van der Waals surface area contributed by atoms with Gasteiger partial charge in [0.15, 0.2) is 0 Å². The molecule has 0 radical (unpaired) electrons. The zero-order valence-electron chi connectivity index (χ0n) is 9.24. The van der Waals surface area contributed by atoms with E-state index >= 15 is 0 Å². The van der Waals surface area contributed by atoms with Crippen molar-refractivity contribution in [1.82, 2.24) is 14.9 Å². The predicted molar refractivity (Wildman–Crippen MR) is 68.0 cm³/mol. The second-order valence-electron chi connectivity index (χ2n) is 3.69. The van der Waals surface area contributed by atoms with Gasteiger partial charge in [0.2, 0.25) is 0 Å². The summed E-state index contributed by atoms with van der Waals surface area (Å²) in [5.74, 6) is -0.223. The van der Waals surface area contributed by atoms with Crippen molar-refractivity contribution >= 4 is 15.9 Å². The van der Waals surface area contributed by atoms with Crippen LogP contribution in [0.25, 0.3) is 0 Å². The Labute approximate surface area is 108 Å². The molecule has 0 fully saturated rings. The summed E-state index contributed by atoms with van der Waals surface area (Å²) in [7, 11) is 0. The van der Waals surface area contributed by atoms with Crippen LogP contribution in [0.5, 0.6) is 0 Å². The van der Waals surface area contributed by atoms with E-state index in [9.17, 15) is 4.39 Å². The maximum Gasteiger partial charge on any atom is 0.137 e. The molecule has 0 saturated carbocycles. The molecule has 1 heterocycles. The number of hydrogen-bond acceptors (Lipinski definition) is 2. The monoisotopic (exact) mass is 297 g/mol. The van der Waals surface area contributed by atoms with Gasteiger partial charge in [-0.1, -0.05) is 12.1 Å². The number of benzene rings is 1. The molecule has 1 aromatic carbocycles. The van der Waals surface area contributed by atoms with Crippen molar-refractivity contribution in [3.8, 4) is 0 Å². The quantitative estimate of drug-likeness (QED) is 0.860. The topological polar surface area (TPSA) is 29.9 Å². The molecule has 1 aromatic heterocycles. The minimum Gasteiger partial charge on any atom is -0.336 e. The van der Waals surface area contributed by atoms with Gasteiger partial charge < -0.3 is 9.88 Å². The van der Waals surface area contributed by atoms with Crippen molar-refractivity contribution < 1.29 is 4.39 Å². The van der Waals surface area contributed by atoms with Gasteiger partial charge >= 0.3 is 0 Å². The molecule has 0 atom stereocenters. The molecule has 0 aliphatic heterocycles. The summed E-state index contributed by atoms with van der Waals surface area (Å²) in [6.07, 6.45) is 5.45. The molecule has 0 aliphatic rings. The SMILES string of the molecule is Fc1cccc(CNCCn2ccnc2)c1Br. The summed E-state index contributed by atoms with van der Waals surface area (Å²) < 4.78 is 15.8. The lowest BCUT2D eigenvalue weighted by atomic mass is 10.2. The highest BCUT2D eigenvalue weighted by molar-refractivity contribution is 9.10. The average Bonchev–Trinajstić information content (AvgIpc) is 2.83. The van der Waals surface area contributed by atoms with Crippen LogP contribution in [0.2, 0.25) is 0 Å². The van der Waals surface area contributed by atoms with Crippen LogP contribution in [-0.4, -0.2) is 16.1 Å². The Kier molecular flexibility index (Phi) is 4.28. The van der Waals surface area contributed by atoms with E-state index in [1.165, 1.54) is 6.07 Å². The summed E-state index contributed by atoms with van der Waals surface area (Å²) >= 11 is 3.24. The molecule has 2 rings (SSSR count). The lowest BCUT2D eigenvalue weighted by molar-refractivity contribution is 0.587. The molecule has 5 heteroatoms. The molecular weight excluding hydrogens is 285 g/mol.